The fourth-order valence-electron chi connectivity index (χ4n) is 4.58. The van der Waals surface area contributed by atoms with Gasteiger partial charge in [-0.2, -0.15) is 0 Å². The number of nitrogens with zero attached hydrogens (tertiary/aromatic N) is 2. The lowest BCUT2D eigenvalue weighted by atomic mass is 9.97. The molecule has 6 nitrogen and oxygen atoms in total. The predicted octanol–water partition coefficient (Wildman–Crippen LogP) is 9.03. The Morgan fingerprint density at radius 3 is 2.27 bits per heavy atom. The number of thiophene rings is 1. The third-order valence-electron chi connectivity index (χ3n) is 6.54. The highest BCUT2D eigenvalue weighted by Crippen LogP contribution is 2.43. The molecule has 4 aromatic rings. The van der Waals surface area contributed by atoms with Gasteiger partial charge in [0, 0.05) is 28.7 Å². The van der Waals surface area contributed by atoms with Crippen molar-refractivity contribution in [2.75, 3.05) is 13.1 Å². The Morgan fingerprint density at radius 1 is 1.02 bits per heavy atom. The number of likely N-dealkylation sites (N-methyl/N-ethyl adjacent to an activating group) is 1. The van der Waals surface area contributed by atoms with E-state index in [1.807, 2.05) is 52.0 Å². The first-order valence-electron chi connectivity index (χ1n) is 13.4. The normalized spacial score (nSPS) is 11.3. The van der Waals surface area contributed by atoms with Crippen molar-refractivity contribution in [2.45, 2.75) is 53.6 Å². The Morgan fingerprint density at radius 2 is 1.68 bits per heavy atom. The van der Waals surface area contributed by atoms with Crippen molar-refractivity contribution in [3.8, 4) is 11.5 Å². The molecule has 4 rings (SSSR count). The van der Waals surface area contributed by atoms with Crippen LogP contribution >= 0.6 is 11.3 Å². The molecule has 1 amide bonds. The first kappa shape index (κ1) is 29.8. The fourth-order valence-corrected chi connectivity index (χ4v) is 5.68. The molecule has 1 heterocycles. The maximum Gasteiger partial charge on any atom is 0.410 e. The van der Waals surface area contributed by atoms with Crippen molar-refractivity contribution < 1.29 is 23.5 Å². The second-order valence-corrected chi connectivity index (χ2v) is 11.9. The van der Waals surface area contributed by atoms with Gasteiger partial charge in [-0.1, -0.05) is 24.3 Å². The van der Waals surface area contributed by atoms with Gasteiger partial charge in [0.2, 0.25) is 5.78 Å². The summed E-state index contributed by atoms with van der Waals surface area (Å²) in [5, 5.41) is 0.725. The Balaban J connectivity index is 1.61. The van der Waals surface area contributed by atoms with Crippen molar-refractivity contribution in [2.24, 2.45) is 0 Å². The molecule has 0 spiro atoms. The van der Waals surface area contributed by atoms with E-state index in [1.165, 1.54) is 23.5 Å². The molecule has 212 valence electrons. The molecule has 0 saturated heterocycles. The van der Waals surface area contributed by atoms with E-state index in [1.54, 1.807) is 36.9 Å². The van der Waals surface area contributed by atoms with E-state index in [0.717, 1.165) is 15.6 Å². The fraction of sp³-hybridized carbons (Fsp3) is 0.303. The molecular weight excluding hydrogens is 539 g/mol. The highest BCUT2D eigenvalue weighted by Gasteiger charge is 2.25. The molecule has 0 bridgehead atoms. The van der Waals surface area contributed by atoms with Gasteiger partial charge in [-0.15, -0.1) is 11.3 Å². The third kappa shape index (κ3) is 6.93. The summed E-state index contributed by atoms with van der Waals surface area (Å²) in [6.45, 7) is 19.3. The molecule has 8 heteroatoms. The Hall–Kier alpha value is -4.22. The molecule has 0 saturated carbocycles. The molecule has 0 aliphatic heterocycles. The Labute approximate surface area is 244 Å². The molecule has 0 fully saturated rings. The molecule has 0 atom stereocenters. The maximum absolute atomic E-state index is 14.0. The summed E-state index contributed by atoms with van der Waals surface area (Å²) in [5.74, 6) is 0.312. The van der Waals surface area contributed by atoms with E-state index >= 15 is 0 Å². The van der Waals surface area contributed by atoms with E-state index < -0.39 is 5.60 Å². The van der Waals surface area contributed by atoms with E-state index in [9.17, 15) is 14.0 Å². The molecule has 0 aliphatic rings. The summed E-state index contributed by atoms with van der Waals surface area (Å²) in [7, 11) is 0. The van der Waals surface area contributed by atoms with E-state index in [2.05, 4.69) is 4.85 Å². The third-order valence-corrected chi connectivity index (χ3v) is 7.67. The average Bonchev–Trinajstić information content (AvgIpc) is 3.25. The van der Waals surface area contributed by atoms with Gasteiger partial charge >= 0.3 is 6.09 Å². The van der Waals surface area contributed by atoms with Crippen LogP contribution in [-0.2, 0) is 11.2 Å². The van der Waals surface area contributed by atoms with Gasteiger partial charge in [0.15, 0.2) is 11.4 Å². The van der Waals surface area contributed by atoms with Crippen molar-refractivity contribution in [1.29, 1.82) is 0 Å². The standard InChI is InChI=1S/C33H33FN2O4S/c1-8-36(32(38)40-33(4,5)6)16-15-22-9-12-25(13-10-22)39-30-26-14-11-24(35-7)19-27(26)41-31(30)29(37)28-20(2)17-23(34)18-21(28)3/h9-14,17-19H,8,15-16H2,1-6H3. The molecule has 0 aliphatic carbocycles. The first-order chi connectivity index (χ1) is 19.4. The predicted molar refractivity (Wildman–Crippen MR) is 161 cm³/mol. The number of rotatable bonds is 8. The summed E-state index contributed by atoms with van der Waals surface area (Å²) >= 11 is 1.26. The quantitative estimate of drug-likeness (QED) is 0.156. The minimum Gasteiger partial charge on any atom is -0.455 e. The summed E-state index contributed by atoms with van der Waals surface area (Å²) in [6, 6.07) is 15.5. The Kier molecular flexibility index (Phi) is 8.79. The van der Waals surface area contributed by atoms with Crippen LogP contribution in [0.4, 0.5) is 14.9 Å². The number of hydrogen-bond donors (Lipinski definition) is 0. The summed E-state index contributed by atoms with van der Waals surface area (Å²) < 4.78 is 26.5. The summed E-state index contributed by atoms with van der Waals surface area (Å²) in [4.78, 5) is 31.8. The van der Waals surface area contributed by atoms with Crippen LogP contribution in [0.5, 0.6) is 11.5 Å². The molecule has 3 aromatic carbocycles. The van der Waals surface area contributed by atoms with Crippen molar-refractivity contribution in [3.05, 3.63) is 99.0 Å². The van der Waals surface area contributed by atoms with Crippen molar-refractivity contribution in [3.63, 3.8) is 0 Å². The monoisotopic (exact) mass is 572 g/mol. The van der Waals surface area contributed by atoms with E-state index in [-0.39, 0.29) is 17.7 Å². The largest absolute Gasteiger partial charge is 0.455 e. The molecule has 0 unspecified atom stereocenters. The lowest BCUT2D eigenvalue weighted by Crippen LogP contribution is -2.37. The zero-order valence-corrected chi connectivity index (χ0v) is 24.9. The van der Waals surface area contributed by atoms with Crippen LogP contribution in [0, 0.1) is 26.2 Å². The SMILES string of the molecule is [C-]#[N+]c1ccc2c(Oc3ccc(CCN(CC)C(=O)OC(C)(C)C)cc3)c(C(=O)c3c(C)cc(F)cc3C)sc2c1. The zero-order valence-electron chi connectivity index (χ0n) is 24.1. The number of carbonyl (C=O) groups is 2. The molecule has 1 aromatic heterocycles. The highest BCUT2D eigenvalue weighted by atomic mass is 32.1. The van der Waals surface area contributed by atoms with Gasteiger partial charge in [-0.3, -0.25) is 4.79 Å². The number of aryl methyl sites for hydroxylation is 2. The van der Waals surface area contributed by atoms with Crippen molar-refractivity contribution >= 4 is 39.0 Å². The lowest BCUT2D eigenvalue weighted by molar-refractivity contribution is 0.0262. The van der Waals surface area contributed by atoms with Gasteiger partial charge in [-0.05, 0) is 95.0 Å². The van der Waals surface area contributed by atoms with Crippen LogP contribution in [0.15, 0.2) is 54.6 Å². The number of ether oxygens (including phenoxy) is 2. The van der Waals surface area contributed by atoms with Gasteiger partial charge in [-0.25, -0.2) is 14.0 Å². The number of benzene rings is 3. The van der Waals surface area contributed by atoms with Crippen LogP contribution in [-0.4, -0.2) is 35.5 Å². The smallest absolute Gasteiger partial charge is 0.410 e. The number of carbonyl (C=O) groups excluding carboxylic acids is 2. The summed E-state index contributed by atoms with van der Waals surface area (Å²) in [6.07, 6.45) is 0.301. The van der Waals surface area contributed by atoms with Crippen molar-refractivity contribution in [1.82, 2.24) is 4.90 Å². The second-order valence-electron chi connectivity index (χ2n) is 10.9. The number of halogens is 1. The minimum atomic E-state index is -0.554. The number of hydrogen-bond acceptors (Lipinski definition) is 5. The molecule has 41 heavy (non-hydrogen) atoms. The van der Waals surface area contributed by atoms with Gasteiger partial charge in [0.05, 0.1) is 6.57 Å². The van der Waals surface area contributed by atoms with Gasteiger partial charge < -0.3 is 14.4 Å². The molecule has 0 N–H and O–H groups in total. The lowest BCUT2D eigenvalue weighted by Gasteiger charge is -2.26. The first-order valence-corrected chi connectivity index (χ1v) is 14.2. The van der Waals surface area contributed by atoms with Crippen LogP contribution in [0.3, 0.4) is 0 Å². The highest BCUT2D eigenvalue weighted by molar-refractivity contribution is 7.21. The topological polar surface area (TPSA) is 60.2 Å². The number of amides is 1. The maximum atomic E-state index is 14.0. The minimum absolute atomic E-state index is 0.251. The van der Waals surface area contributed by atoms with E-state index in [0.29, 0.717) is 58.3 Å². The second kappa shape index (κ2) is 12.1. The molecular formula is C33H33FN2O4S. The van der Waals surface area contributed by atoms with Gasteiger partial charge in [0.25, 0.3) is 0 Å². The van der Waals surface area contributed by atoms with E-state index in [4.69, 9.17) is 16.0 Å². The van der Waals surface area contributed by atoms with Gasteiger partial charge in [0.1, 0.15) is 22.0 Å². The molecule has 0 radical (unpaired) electrons. The van der Waals surface area contributed by atoms with Crippen LogP contribution in [0.25, 0.3) is 14.9 Å². The van der Waals surface area contributed by atoms with Crippen LogP contribution in [0.1, 0.15) is 59.6 Å². The number of fused-ring (bicyclic) bond motifs is 1. The Bertz CT molecular complexity index is 1620. The average molecular weight is 573 g/mol. The number of ketones is 1. The van der Waals surface area contributed by atoms with Crippen LogP contribution in [0.2, 0.25) is 0 Å². The zero-order chi connectivity index (χ0) is 29.9. The summed E-state index contributed by atoms with van der Waals surface area (Å²) in [5.41, 5.74) is 2.47. The van der Waals surface area contributed by atoms with Crippen LogP contribution < -0.4 is 4.74 Å².